The molecule has 1 amide bonds. The van der Waals surface area contributed by atoms with Gasteiger partial charge in [-0.1, -0.05) is 0 Å². The Morgan fingerprint density at radius 1 is 1.53 bits per heavy atom. The molecule has 0 radical (unpaired) electrons. The molecule has 1 saturated heterocycles. The van der Waals surface area contributed by atoms with E-state index >= 15 is 0 Å². The minimum absolute atomic E-state index is 0.163. The zero-order valence-corrected chi connectivity index (χ0v) is 11.7. The van der Waals surface area contributed by atoms with Gasteiger partial charge in [0.05, 0.1) is 5.69 Å². The molecule has 6 nitrogen and oxygen atoms in total. The molecule has 0 atom stereocenters. The molecule has 2 heterocycles. The van der Waals surface area contributed by atoms with E-state index in [1.807, 2.05) is 6.92 Å². The normalized spacial score (nSPS) is 17.6. The average Bonchev–Trinajstić information content (AvgIpc) is 2.79. The second-order valence-corrected chi connectivity index (χ2v) is 5.25. The molecule has 0 aromatic carbocycles. The first-order chi connectivity index (χ1) is 9.10. The van der Waals surface area contributed by atoms with E-state index in [-0.39, 0.29) is 5.91 Å². The number of nitrogens with two attached hydrogens (primary N) is 1. The number of anilines is 1. The Morgan fingerprint density at radius 3 is 2.79 bits per heavy atom. The van der Waals surface area contributed by atoms with Crippen LogP contribution in [0, 0.1) is 5.92 Å². The maximum Gasteiger partial charge on any atom is 0.273 e. The van der Waals surface area contributed by atoms with Gasteiger partial charge in [-0.05, 0) is 45.8 Å². The molecule has 1 aromatic rings. The van der Waals surface area contributed by atoms with Crippen LogP contribution in [0.25, 0.3) is 0 Å². The summed E-state index contributed by atoms with van der Waals surface area (Å²) in [6.45, 7) is 5.60. The summed E-state index contributed by atoms with van der Waals surface area (Å²) in [5.74, 6) is 0.401. The number of aromatic nitrogens is 2. The van der Waals surface area contributed by atoms with Crippen molar-refractivity contribution in [3.05, 3.63) is 11.9 Å². The largest absolute Gasteiger partial charge is 0.396 e. The summed E-state index contributed by atoms with van der Waals surface area (Å²) in [5.41, 5.74) is 6.58. The maximum absolute atomic E-state index is 12.0. The fourth-order valence-electron chi connectivity index (χ4n) is 2.36. The van der Waals surface area contributed by atoms with Gasteiger partial charge in [-0.25, -0.2) is 0 Å². The lowest BCUT2D eigenvalue weighted by Gasteiger charge is -2.28. The Bertz CT molecular complexity index is 434. The average molecular weight is 265 g/mol. The van der Waals surface area contributed by atoms with Crippen molar-refractivity contribution in [1.82, 2.24) is 20.0 Å². The molecule has 1 aromatic heterocycles. The Kier molecular flexibility index (Phi) is 4.42. The predicted molar refractivity (Wildman–Crippen MR) is 74.9 cm³/mol. The highest BCUT2D eigenvalue weighted by molar-refractivity contribution is 5.96. The van der Waals surface area contributed by atoms with Crippen LogP contribution >= 0.6 is 0 Å². The number of rotatable bonds is 4. The number of amides is 1. The van der Waals surface area contributed by atoms with Crippen LogP contribution in [0.1, 0.15) is 30.3 Å². The van der Waals surface area contributed by atoms with Crippen LogP contribution in [-0.2, 0) is 6.54 Å². The molecule has 1 aliphatic rings. The van der Waals surface area contributed by atoms with Gasteiger partial charge in [-0.3, -0.25) is 9.48 Å². The Morgan fingerprint density at radius 2 is 2.21 bits per heavy atom. The van der Waals surface area contributed by atoms with Crippen LogP contribution in [0.5, 0.6) is 0 Å². The van der Waals surface area contributed by atoms with Gasteiger partial charge >= 0.3 is 0 Å². The summed E-state index contributed by atoms with van der Waals surface area (Å²) < 4.78 is 1.68. The van der Waals surface area contributed by atoms with E-state index in [9.17, 15) is 4.79 Å². The SMILES string of the molecule is CCn1cc(N)c(C(=O)NCC2CCN(C)CC2)n1. The van der Waals surface area contributed by atoms with Crippen molar-refractivity contribution in [2.45, 2.75) is 26.3 Å². The monoisotopic (exact) mass is 265 g/mol. The fraction of sp³-hybridized carbons (Fsp3) is 0.692. The molecule has 2 rings (SSSR count). The molecule has 106 valence electrons. The molecule has 1 aliphatic heterocycles. The Labute approximate surface area is 113 Å². The Hall–Kier alpha value is -1.56. The predicted octanol–water partition coefficient (Wildman–Crippen LogP) is 0.557. The van der Waals surface area contributed by atoms with Gasteiger partial charge in [0.2, 0.25) is 0 Å². The van der Waals surface area contributed by atoms with Gasteiger partial charge in [0, 0.05) is 19.3 Å². The number of nitrogen functional groups attached to an aromatic ring is 1. The van der Waals surface area contributed by atoms with E-state index in [4.69, 9.17) is 5.73 Å². The smallest absolute Gasteiger partial charge is 0.273 e. The minimum atomic E-state index is -0.163. The van der Waals surface area contributed by atoms with E-state index in [1.165, 1.54) is 0 Å². The number of hydrogen-bond donors (Lipinski definition) is 2. The van der Waals surface area contributed by atoms with Gasteiger partial charge in [-0.2, -0.15) is 5.10 Å². The number of aryl methyl sites for hydroxylation is 1. The van der Waals surface area contributed by atoms with Crippen molar-refractivity contribution >= 4 is 11.6 Å². The summed E-state index contributed by atoms with van der Waals surface area (Å²) >= 11 is 0. The minimum Gasteiger partial charge on any atom is -0.396 e. The van der Waals surface area contributed by atoms with Crippen LogP contribution in [0.4, 0.5) is 5.69 Å². The van der Waals surface area contributed by atoms with Gasteiger partial charge in [-0.15, -0.1) is 0 Å². The lowest BCUT2D eigenvalue weighted by atomic mass is 9.97. The van der Waals surface area contributed by atoms with Crippen molar-refractivity contribution in [3.63, 3.8) is 0 Å². The molecule has 0 unspecified atom stereocenters. The number of hydrogen-bond acceptors (Lipinski definition) is 4. The van der Waals surface area contributed by atoms with E-state index in [0.717, 1.165) is 25.9 Å². The lowest BCUT2D eigenvalue weighted by molar-refractivity contribution is 0.0934. The Balaban J connectivity index is 1.85. The first-order valence-electron chi connectivity index (χ1n) is 6.89. The second kappa shape index (κ2) is 6.06. The molecular formula is C13H23N5O. The molecule has 1 fully saturated rings. The number of likely N-dealkylation sites (tertiary alicyclic amines) is 1. The van der Waals surface area contributed by atoms with Crippen molar-refractivity contribution in [3.8, 4) is 0 Å². The van der Waals surface area contributed by atoms with Gasteiger partial charge in [0.15, 0.2) is 5.69 Å². The third-order valence-electron chi connectivity index (χ3n) is 3.72. The molecule has 0 spiro atoms. The molecular weight excluding hydrogens is 242 g/mol. The van der Waals surface area contributed by atoms with Crippen molar-refractivity contribution < 1.29 is 4.79 Å². The lowest BCUT2D eigenvalue weighted by Crippen LogP contribution is -2.37. The zero-order valence-electron chi connectivity index (χ0n) is 11.7. The molecule has 6 heteroatoms. The molecule has 0 bridgehead atoms. The molecule has 0 saturated carbocycles. The summed E-state index contributed by atoms with van der Waals surface area (Å²) in [4.78, 5) is 14.3. The van der Waals surface area contributed by atoms with Crippen LogP contribution < -0.4 is 11.1 Å². The molecule has 0 aliphatic carbocycles. The van der Waals surface area contributed by atoms with Crippen LogP contribution in [-0.4, -0.2) is 47.3 Å². The number of carbonyl (C=O) groups is 1. The first-order valence-corrected chi connectivity index (χ1v) is 6.89. The number of nitrogens with one attached hydrogen (secondary N) is 1. The molecule has 19 heavy (non-hydrogen) atoms. The standard InChI is InChI=1S/C13H23N5O/c1-3-18-9-11(14)12(16-18)13(19)15-8-10-4-6-17(2)7-5-10/h9-10H,3-8,14H2,1-2H3,(H,15,19). The van der Waals surface area contributed by atoms with E-state index < -0.39 is 0 Å². The number of nitrogens with zero attached hydrogens (tertiary/aromatic N) is 3. The van der Waals surface area contributed by atoms with E-state index in [0.29, 0.717) is 30.4 Å². The van der Waals surface area contributed by atoms with Crippen LogP contribution in [0.3, 0.4) is 0 Å². The third kappa shape index (κ3) is 3.47. The highest BCUT2D eigenvalue weighted by Crippen LogP contribution is 2.15. The highest BCUT2D eigenvalue weighted by Gasteiger charge is 2.19. The van der Waals surface area contributed by atoms with E-state index in [2.05, 4.69) is 22.4 Å². The number of piperidine rings is 1. The van der Waals surface area contributed by atoms with Gasteiger partial charge < -0.3 is 16.0 Å². The second-order valence-electron chi connectivity index (χ2n) is 5.25. The fourth-order valence-corrected chi connectivity index (χ4v) is 2.36. The summed E-state index contributed by atoms with van der Waals surface area (Å²) in [7, 11) is 2.13. The van der Waals surface area contributed by atoms with Crippen LogP contribution in [0.2, 0.25) is 0 Å². The summed E-state index contributed by atoms with van der Waals surface area (Å²) in [6, 6.07) is 0. The number of carbonyl (C=O) groups excluding carboxylic acids is 1. The van der Waals surface area contributed by atoms with Crippen LogP contribution in [0.15, 0.2) is 6.20 Å². The van der Waals surface area contributed by atoms with E-state index in [1.54, 1.807) is 10.9 Å². The topological polar surface area (TPSA) is 76.2 Å². The van der Waals surface area contributed by atoms with Gasteiger partial charge in [0.1, 0.15) is 0 Å². The van der Waals surface area contributed by atoms with Crippen molar-refractivity contribution in [1.29, 1.82) is 0 Å². The summed E-state index contributed by atoms with van der Waals surface area (Å²) in [5, 5.41) is 7.12. The zero-order chi connectivity index (χ0) is 13.8. The molecule has 3 N–H and O–H groups in total. The maximum atomic E-state index is 12.0. The highest BCUT2D eigenvalue weighted by atomic mass is 16.2. The summed E-state index contributed by atoms with van der Waals surface area (Å²) in [6.07, 6.45) is 3.97. The van der Waals surface area contributed by atoms with Crippen molar-refractivity contribution in [2.24, 2.45) is 5.92 Å². The van der Waals surface area contributed by atoms with Gasteiger partial charge in [0.25, 0.3) is 5.91 Å². The quantitative estimate of drug-likeness (QED) is 0.834. The first kappa shape index (κ1) is 13.9. The van der Waals surface area contributed by atoms with Crippen molar-refractivity contribution in [2.75, 3.05) is 32.4 Å². The third-order valence-corrected chi connectivity index (χ3v) is 3.72.